The van der Waals surface area contributed by atoms with Crippen molar-refractivity contribution >= 4 is 44.4 Å². The van der Waals surface area contributed by atoms with Crippen molar-refractivity contribution in [3.8, 4) is 11.5 Å². The molecule has 0 heterocycles. The molecule has 2 aromatic rings. The highest BCUT2D eigenvalue weighted by Gasteiger charge is 2.24. The van der Waals surface area contributed by atoms with Crippen LogP contribution in [0.3, 0.4) is 0 Å². The number of aliphatic hydroxyl groups excluding tert-OH is 1. The van der Waals surface area contributed by atoms with Gasteiger partial charge in [0.1, 0.15) is 59.9 Å². The first kappa shape index (κ1) is 29.2. The van der Waals surface area contributed by atoms with Crippen LogP contribution in [0.25, 0.3) is 0 Å². The fourth-order valence-electron chi connectivity index (χ4n) is 3.36. The Bertz CT molecular complexity index is 964. The van der Waals surface area contributed by atoms with E-state index in [2.05, 4.69) is 13.8 Å². The van der Waals surface area contributed by atoms with Gasteiger partial charge in [0, 0.05) is 5.41 Å². The molecule has 2 rings (SSSR count). The molecule has 0 amide bonds. The molecule has 0 fully saturated rings. The lowest BCUT2D eigenvalue weighted by Crippen LogP contribution is -2.29. The van der Waals surface area contributed by atoms with Gasteiger partial charge in [-0.2, -0.15) is 0 Å². The van der Waals surface area contributed by atoms with Crippen molar-refractivity contribution in [3.63, 3.8) is 0 Å². The largest absolute Gasteiger partial charge is 0.491 e. The second kappa shape index (κ2) is 13.9. The van der Waals surface area contributed by atoms with Gasteiger partial charge in [0.15, 0.2) is 9.84 Å². The summed E-state index contributed by atoms with van der Waals surface area (Å²) < 4.78 is 41.1. The van der Waals surface area contributed by atoms with E-state index in [1.165, 1.54) is 0 Å². The number of sulfone groups is 1. The van der Waals surface area contributed by atoms with E-state index >= 15 is 0 Å². The van der Waals surface area contributed by atoms with Crippen LogP contribution in [-0.2, 0) is 18.3 Å². The molecule has 9 heteroatoms. The predicted octanol–water partition coefficient (Wildman–Crippen LogP) is 5.32. The van der Waals surface area contributed by atoms with E-state index in [9.17, 15) is 13.5 Å². The number of aliphatic hydroxyl groups is 1. The minimum absolute atomic E-state index is 0.0500. The maximum atomic E-state index is 12.2. The highest BCUT2D eigenvalue weighted by molar-refractivity contribution is 14.1. The van der Waals surface area contributed by atoms with Crippen LogP contribution >= 0.6 is 34.6 Å². The van der Waals surface area contributed by atoms with Crippen LogP contribution in [0.4, 0.5) is 0 Å². The number of alkyl halides is 1. The summed E-state index contributed by atoms with van der Waals surface area (Å²) in [7, 11) is -3.17. The fraction of sp³-hybridized carbons (Fsp3) is 0.520. The molecule has 0 aliphatic heterocycles. The van der Waals surface area contributed by atoms with E-state index in [0.29, 0.717) is 17.9 Å². The number of halogens is 2. The van der Waals surface area contributed by atoms with Crippen LogP contribution in [0.2, 0.25) is 0 Å². The zero-order valence-electron chi connectivity index (χ0n) is 19.9. The third kappa shape index (κ3) is 9.18. The lowest BCUT2D eigenvalue weighted by molar-refractivity contribution is 0.125. The number of ether oxygens (including phenoxy) is 2. The summed E-state index contributed by atoms with van der Waals surface area (Å²) in [5, 5.41) is 9.54. The van der Waals surface area contributed by atoms with Gasteiger partial charge in [0.2, 0.25) is 0 Å². The summed E-state index contributed by atoms with van der Waals surface area (Å²) in [4.78, 5) is 0. The molecule has 0 radical (unpaired) electrons. The molecule has 2 unspecified atom stereocenters. The molecule has 2 aromatic carbocycles. The Morgan fingerprint density at radius 3 is 1.91 bits per heavy atom. The smallest absolute Gasteiger partial charge is 0.153 e. The van der Waals surface area contributed by atoms with Gasteiger partial charge in [0.05, 0.1) is 17.4 Å². The molecule has 1 N–H and O–H groups in total. The molecule has 190 valence electrons. The van der Waals surface area contributed by atoms with Crippen LogP contribution < -0.4 is 9.47 Å². The number of hydrogen-bond acceptors (Lipinski definition) is 6. The van der Waals surface area contributed by atoms with Gasteiger partial charge in [0.25, 0.3) is 0 Å². The number of rotatable bonds is 15. The number of unbranched alkanes of at least 4 members (excludes halogenated alkanes) is 1. The molecule has 0 saturated heterocycles. The van der Waals surface area contributed by atoms with Gasteiger partial charge in [-0.25, -0.2) is 8.42 Å². The first-order chi connectivity index (χ1) is 16.1. The van der Waals surface area contributed by atoms with Crippen molar-refractivity contribution in [1.82, 2.24) is 0 Å². The molecule has 0 spiro atoms. The fourth-order valence-corrected chi connectivity index (χ4v) is 5.64. The minimum Gasteiger partial charge on any atom is -0.491 e. The third-order valence-corrected chi connectivity index (χ3v) is 8.45. The minimum atomic E-state index is -3.17. The maximum absolute atomic E-state index is 12.2. The van der Waals surface area contributed by atoms with Crippen LogP contribution in [0.15, 0.2) is 48.5 Å². The summed E-state index contributed by atoms with van der Waals surface area (Å²) in [6, 6.07) is 15.6. The standard InChI is InChI=1S/C25H34ClIO6S/c1-4-5-14-34(29,30)18-24(33-27)17-32-23-12-8-20(9-13-23)25(2,3)19-6-10-22(11-7-19)31-16-21(28)15-26/h6-13,21,24,28H,4-5,14-18H2,1-3H3. The Labute approximate surface area is 222 Å². The molecule has 0 aliphatic rings. The summed E-state index contributed by atoms with van der Waals surface area (Å²) in [6.45, 7) is 6.56. The Balaban J connectivity index is 1.98. The molecule has 6 nitrogen and oxygen atoms in total. The Morgan fingerprint density at radius 2 is 1.47 bits per heavy atom. The van der Waals surface area contributed by atoms with E-state index in [4.69, 9.17) is 24.1 Å². The molecular formula is C25H34ClIO6S. The van der Waals surface area contributed by atoms with Gasteiger partial charge >= 0.3 is 0 Å². The second-order valence-electron chi connectivity index (χ2n) is 8.78. The quantitative estimate of drug-likeness (QED) is 0.213. The van der Waals surface area contributed by atoms with Crippen LogP contribution in [0.1, 0.15) is 44.7 Å². The highest BCUT2D eigenvalue weighted by atomic mass is 127. The first-order valence-electron chi connectivity index (χ1n) is 11.3. The summed E-state index contributed by atoms with van der Waals surface area (Å²) in [5.74, 6) is 1.59. The lowest BCUT2D eigenvalue weighted by Gasteiger charge is -2.26. The van der Waals surface area contributed by atoms with E-state index in [0.717, 1.165) is 17.5 Å². The van der Waals surface area contributed by atoms with Crippen LogP contribution in [-0.4, -0.2) is 56.3 Å². The van der Waals surface area contributed by atoms with Crippen LogP contribution in [0, 0.1) is 0 Å². The highest BCUT2D eigenvalue weighted by Crippen LogP contribution is 2.33. The normalized spacial score (nSPS) is 13.9. The molecule has 0 aromatic heterocycles. The van der Waals surface area contributed by atoms with Crippen molar-refractivity contribution in [2.75, 3.05) is 30.6 Å². The molecule has 2 atom stereocenters. The molecular weight excluding hydrogens is 591 g/mol. The van der Waals surface area contributed by atoms with Gasteiger partial charge in [-0.05, 0) is 41.8 Å². The Hall–Kier alpha value is -1.07. The Morgan fingerprint density at radius 1 is 0.971 bits per heavy atom. The number of benzene rings is 2. The van der Waals surface area contributed by atoms with Crippen molar-refractivity contribution in [2.45, 2.75) is 51.2 Å². The van der Waals surface area contributed by atoms with E-state index < -0.39 is 22.0 Å². The number of hydrogen-bond donors (Lipinski definition) is 1. The van der Waals surface area contributed by atoms with Gasteiger partial charge < -0.3 is 17.6 Å². The topological polar surface area (TPSA) is 82.1 Å². The molecule has 34 heavy (non-hydrogen) atoms. The maximum Gasteiger partial charge on any atom is 0.153 e. The van der Waals surface area contributed by atoms with Crippen molar-refractivity contribution in [3.05, 3.63) is 59.7 Å². The molecule has 0 aliphatic carbocycles. The van der Waals surface area contributed by atoms with Crippen molar-refractivity contribution in [2.24, 2.45) is 0 Å². The van der Waals surface area contributed by atoms with E-state index in [1.54, 1.807) is 23.0 Å². The third-order valence-electron chi connectivity index (χ3n) is 5.58. The molecule has 0 saturated carbocycles. The van der Waals surface area contributed by atoms with Crippen molar-refractivity contribution < 1.29 is 26.1 Å². The lowest BCUT2D eigenvalue weighted by atomic mass is 9.78. The average Bonchev–Trinajstić information content (AvgIpc) is 2.84. The van der Waals surface area contributed by atoms with Gasteiger partial charge in [-0.15, -0.1) is 11.6 Å². The van der Waals surface area contributed by atoms with Gasteiger partial charge in [-0.1, -0.05) is 51.5 Å². The van der Waals surface area contributed by atoms with Crippen LogP contribution in [0.5, 0.6) is 11.5 Å². The summed E-state index contributed by atoms with van der Waals surface area (Å²) >= 11 is 7.33. The first-order valence-corrected chi connectivity index (χ1v) is 14.5. The monoisotopic (exact) mass is 624 g/mol. The van der Waals surface area contributed by atoms with Gasteiger partial charge in [-0.3, -0.25) is 0 Å². The predicted molar refractivity (Wildman–Crippen MR) is 145 cm³/mol. The summed E-state index contributed by atoms with van der Waals surface area (Å²) in [6.07, 6.45) is 0.277. The SMILES string of the molecule is CCCCS(=O)(=O)CC(COc1ccc(C(C)(C)c2ccc(OCC(O)CCl)cc2)cc1)OI. The van der Waals surface area contributed by atoms with Crippen molar-refractivity contribution in [1.29, 1.82) is 0 Å². The van der Waals surface area contributed by atoms with E-state index in [1.807, 2.05) is 55.5 Å². The zero-order chi connectivity index (χ0) is 25.2. The average molecular weight is 625 g/mol. The summed E-state index contributed by atoms with van der Waals surface area (Å²) in [5.41, 5.74) is 1.96. The zero-order valence-corrected chi connectivity index (χ0v) is 23.6. The molecule has 0 bridgehead atoms. The Kier molecular flexibility index (Phi) is 11.9. The second-order valence-corrected chi connectivity index (χ2v) is 11.8. The van der Waals surface area contributed by atoms with E-state index in [-0.39, 0.29) is 36.0 Å².